The van der Waals surface area contributed by atoms with E-state index in [1.165, 1.54) is 7.11 Å². The number of ether oxygens (including phenoxy) is 2. The minimum atomic E-state index is -0.148. The van der Waals surface area contributed by atoms with Crippen LogP contribution in [0.4, 0.5) is 0 Å². The third-order valence-corrected chi connectivity index (χ3v) is 2.34. The number of rotatable bonds is 8. The van der Waals surface area contributed by atoms with Crippen LogP contribution in [0.25, 0.3) is 0 Å². The smallest absolute Gasteiger partial charge is 0.305 e. The maximum atomic E-state index is 10.8. The first-order valence-corrected chi connectivity index (χ1v) is 5.41. The third kappa shape index (κ3) is 7.33. The van der Waals surface area contributed by atoms with Crippen molar-refractivity contribution in [2.24, 2.45) is 5.92 Å². The molecule has 0 bridgehead atoms. The Hall–Kier alpha value is -0.610. The average molecular weight is 217 g/mol. The van der Waals surface area contributed by atoms with Crippen molar-refractivity contribution in [1.82, 2.24) is 5.32 Å². The summed E-state index contributed by atoms with van der Waals surface area (Å²) in [5, 5.41) is 3.37. The van der Waals surface area contributed by atoms with E-state index >= 15 is 0 Å². The minimum absolute atomic E-state index is 0.148. The van der Waals surface area contributed by atoms with E-state index in [1.807, 2.05) is 0 Å². The first kappa shape index (κ1) is 14.4. The van der Waals surface area contributed by atoms with Gasteiger partial charge in [0.05, 0.1) is 13.7 Å². The van der Waals surface area contributed by atoms with Gasteiger partial charge in [-0.25, -0.2) is 0 Å². The number of hydrogen-bond acceptors (Lipinski definition) is 4. The molecule has 0 radical (unpaired) electrons. The number of esters is 1. The highest BCUT2D eigenvalue weighted by Gasteiger charge is 2.11. The largest absolute Gasteiger partial charge is 0.469 e. The van der Waals surface area contributed by atoms with E-state index in [4.69, 9.17) is 4.74 Å². The molecule has 0 amide bonds. The first-order valence-electron chi connectivity index (χ1n) is 5.41. The van der Waals surface area contributed by atoms with Crippen molar-refractivity contribution in [2.75, 3.05) is 27.4 Å². The summed E-state index contributed by atoms with van der Waals surface area (Å²) in [5.41, 5.74) is 0. The fourth-order valence-electron chi connectivity index (χ4n) is 1.29. The van der Waals surface area contributed by atoms with Gasteiger partial charge < -0.3 is 14.8 Å². The van der Waals surface area contributed by atoms with E-state index in [2.05, 4.69) is 23.9 Å². The lowest BCUT2D eigenvalue weighted by atomic mass is 10.1. The summed E-state index contributed by atoms with van der Waals surface area (Å²) >= 11 is 0. The molecule has 0 rings (SSSR count). The topological polar surface area (TPSA) is 47.6 Å². The van der Waals surface area contributed by atoms with Gasteiger partial charge >= 0.3 is 5.97 Å². The maximum Gasteiger partial charge on any atom is 0.305 e. The molecule has 90 valence electrons. The molecule has 0 aliphatic rings. The SMILES string of the molecule is COCC(NCCCC(=O)OC)C(C)C. The van der Waals surface area contributed by atoms with Crippen molar-refractivity contribution >= 4 is 5.97 Å². The van der Waals surface area contributed by atoms with E-state index in [9.17, 15) is 4.79 Å². The maximum absolute atomic E-state index is 10.8. The van der Waals surface area contributed by atoms with Crippen LogP contribution in [-0.4, -0.2) is 39.4 Å². The fourth-order valence-corrected chi connectivity index (χ4v) is 1.29. The Morgan fingerprint density at radius 2 is 2.00 bits per heavy atom. The predicted molar refractivity (Wildman–Crippen MR) is 59.8 cm³/mol. The van der Waals surface area contributed by atoms with Gasteiger partial charge in [-0.15, -0.1) is 0 Å². The Morgan fingerprint density at radius 1 is 1.33 bits per heavy atom. The molecule has 0 aromatic carbocycles. The van der Waals surface area contributed by atoms with Crippen LogP contribution >= 0.6 is 0 Å². The lowest BCUT2D eigenvalue weighted by Gasteiger charge is -2.21. The normalized spacial score (nSPS) is 12.9. The van der Waals surface area contributed by atoms with Crippen molar-refractivity contribution < 1.29 is 14.3 Å². The van der Waals surface area contributed by atoms with Crippen LogP contribution in [-0.2, 0) is 14.3 Å². The zero-order chi connectivity index (χ0) is 11.7. The van der Waals surface area contributed by atoms with Gasteiger partial charge in [-0.2, -0.15) is 0 Å². The van der Waals surface area contributed by atoms with Crippen LogP contribution < -0.4 is 5.32 Å². The average Bonchev–Trinajstić information content (AvgIpc) is 2.21. The molecule has 0 aromatic heterocycles. The quantitative estimate of drug-likeness (QED) is 0.490. The number of nitrogens with one attached hydrogen (secondary N) is 1. The van der Waals surface area contributed by atoms with Crippen LogP contribution in [0.15, 0.2) is 0 Å². The summed E-state index contributed by atoms with van der Waals surface area (Å²) in [6.45, 7) is 5.82. The number of methoxy groups -OCH3 is 2. The molecular formula is C11H23NO3. The molecule has 4 heteroatoms. The van der Waals surface area contributed by atoms with Gasteiger partial charge in [-0.3, -0.25) is 4.79 Å². The summed E-state index contributed by atoms with van der Waals surface area (Å²) in [4.78, 5) is 10.8. The Kier molecular flexibility index (Phi) is 8.33. The molecule has 0 aliphatic heterocycles. The molecule has 15 heavy (non-hydrogen) atoms. The van der Waals surface area contributed by atoms with Crippen LogP contribution in [0.1, 0.15) is 26.7 Å². The molecule has 0 saturated heterocycles. The second-order valence-electron chi connectivity index (χ2n) is 3.94. The van der Waals surface area contributed by atoms with Gasteiger partial charge in [0.2, 0.25) is 0 Å². The molecule has 4 nitrogen and oxygen atoms in total. The van der Waals surface area contributed by atoms with Crippen molar-refractivity contribution in [1.29, 1.82) is 0 Å². The summed E-state index contributed by atoms with van der Waals surface area (Å²) < 4.78 is 9.67. The lowest BCUT2D eigenvalue weighted by molar-refractivity contribution is -0.140. The second-order valence-corrected chi connectivity index (χ2v) is 3.94. The van der Waals surface area contributed by atoms with Crippen molar-refractivity contribution in [3.8, 4) is 0 Å². The van der Waals surface area contributed by atoms with Gasteiger partial charge in [-0.05, 0) is 18.9 Å². The minimum Gasteiger partial charge on any atom is -0.469 e. The second kappa shape index (κ2) is 8.68. The van der Waals surface area contributed by atoms with Crippen LogP contribution in [0.2, 0.25) is 0 Å². The lowest BCUT2D eigenvalue weighted by Crippen LogP contribution is -2.38. The van der Waals surface area contributed by atoms with E-state index in [0.29, 0.717) is 25.0 Å². The van der Waals surface area contributed by atoms with E-state index in [-0.39, 0.29) is 5.97 Å². The van der Waals surface area contributed by atoms with E-state index in [1.54, 1.807) is 7.11 Å². The summed E-state index contributed by atoms with van der Waals surface area (Å²) in [5.74, 6) is 0.382. The first-order chi connectivity index (χ1) is 7.11. The molecule has 1 unspecified atom stereocenters. The monoisotopic (exact) mass is 217 g/mol. The van der Waals surface area contributed by atoms with Crippen molar-refractivity contribution in [3.05, 3.63) is 0 Å². The molecule has 0 fully saturated rings. The van der Waals surface area contributed by atoms with Gasteiger partial charge in [0, 0.05) is 19.6 Å². The summed E-state index contributed by atoms with van der Waals surface area (Å²) in [7, 11) is 3.11. The summed E-state index contributed by atoms with van der Waals surface area (Å²) in [6.07, 6.45) is 1.28. The molecule has 1 atom stereocenters. The zero-order valence-electron chi connectivity index (χ0n) is 10.2. The molecular weight excluding hydrogens is 194 g/mol. The highest BCUT2D eigenvalue weighted by Crippen LogP contribution is 2.02. The Morgan fingerprint density at radius 3 is 2.47 bits per heavy atom. The molecule has 0 heterocycles. The number of carbonyl (C=O) groups is 1. The third-order valence-electron chi connectivity index (χ3n) is 2.34. The van der Waals surface area contributed by atoms with E-state index < -0.39 is 0 Å². The highest BCUT2D eigenvalue weighted by molar-refractivity contribution is 5.69. The van der Waals surface area contributed by atoms with Crippen LogP contribution in [0.5, 0.6) is 0 Å². The Bertz CT molecular complexity index is 171. The summed E-state index contributed by atoms with van der Waals surface area (Å²) in [6, 6.07) is 0.354. The fraction of sp³-hybridized carbons (Fsp3) is 0.909. The number of hydrogen-bond donors (Lipinski definition) is 1. The van der Waals surface area contributed by atoms with Crippen LogP contribution in [0.3, 0.4) is 0 Å². The van der Waals surface area contributed by atoms with Gasteiger partial charge in [0.25, 0.3) is 0 Å². The predicted octanol–water partition coefficient (Wildman–Crippen LogP) is 1.20. The molecule has 1 N–H and O–H groups in total. The standard InChI is InChI=1S/C11H23NO3/c1-9(2)10(8-14-3)12-7-5-6-11(13)15-4/h9-10,12H,5-8H2,1-4H3. The Labute approximate surface area is 92.3 Å². The molecule has 0 saturated carbocycles. The van der Waals surface area contributed by atoms with Gasteiger partial charge in [-0.1, -0.05) is 13.8 Å². The zero-order valence-corrected chi connectivity index (χ0v) is 10.2. The molecule has 0 aromatic rings. The van der Waals surface area contributed by atoms with Crippen molar-refractivity contribution in [2.45, 2.75) is 32.7 Å². The highest BCUT2D eigenvalue weighted by atomic mass is 16.5. The molecule has 0 spiro atoms. The number of carbonyl (C=O) groups excluding carboxylic acids is 1. The van der Waals surface area contributed by atoms with Crippen LogP contribution in [0, 0.1) is 5.92 Å². The van der Waals surface area contributed by atoms with Gasteiger partial charge in [0.1, 0.15) is 0 Å². The Balaban J connectivity index is 3.57. The van der Waals surface area contributed by atoms with Gasteiger partial charge in [0.15, 0.2) is 0 Å². The van der Waals surface area contributed by atoms with Crippen molar-refractivity contribution in [3.63, 3.8) is 0 Å². The molecule has 0 aliphatic carbocycles. The van der Waals surface area contributed by atoms with E-state index in [0.717, 1.165) is 13.0 Å².